The van der Waals surface area contributed by atoms with E-state index in [0.29, 0.717) is 12.3 Å². The van der Waals surface area contributed by atoms with Crippen LogP contribution in [0.4, 0.5) is 0 Å². The van der Waals surface area contributed by atoms with Crippen molar-refractivity contribution in [1.82, 2.24) is 10.2 Å². The molecule has 1 unspecified atom stereocenters. The van der Waals surface area contributed by atoms with Gasteiger partial charge in [-0.15, -0.1) is 0 Å². The molecule has 0 radical (unpaired) electrons. The van der Waals surface area contributed by atoms with Crippen LogP contribution in [0.1, 0.15) is 50.2 Å². The van der Waals surface area contributed by atoms with Crippen molar-refractivity contribution in [3.05, 3.63) is 77.9 Å². The van der Waals surface area contributed by atoms with E-state index in [9.17, 15) is 9.59 Å². The number of fused-ring (bicyclic) bond motifs is 1. The maximum atomic E-state index is 13.4. The predicted molar refractivity (Wildman–Crippen MR) is 136 cm³/mol. The zero-order valence-electron chi connectivity index (χ0n) is 20.1. The molecule has 1 aliphatic rings. The van der Waals surface area contributed by atoms with Crippen LogP contribution in [0.2, 0.25) is 0 Å². The molecule has 1 atom stereocenters. The fourth-order valence-electron chi connectivity index (χ4n) is 4.59. The standard InChI is InChI=1S/C29H34N2O3/c1-21-15-17-23(18-16-21)19-31(22(2)29(33)30-25-11-4-3-5-12-25)28(32)20-34-27-14-8-10-24-9-6-7-13-26(24)27/h6-10,13-18,22,25H,3-5,11-12,19-20H2,1-2H3,(H,30,33). The van der Waals surface area contributed by atoms with Gasteiger partial charge in [0, 0.05) is 18.0 Å². The quantitative estimate of drug-likeness (QED) is 0.492. The minimum Gasteiger partial charge on any atom is -0.483 e. The van der Waals surface area contributed by atoms with Gasteiger partial charge in [0.15, 0.2) is 6.61 Å². The summed E-state index contributed by atoms with van der Waals surface area (Å²) < 4.78 is 5.98. The number of benzene rings is 3. The second kappa shape index (κ2) is 11.2. The molecule has 1 aliphatic carbocycles. The Balaban J connectivity index is 1.49. The molecule has 0 spiro atoms. The molecule has 0 aromatic heterocycles. The molecule has 0 aliphatic heterocycles. The van der Waals surface area contributed by atoms with E-state index >= 15 is 0 Å². The Labute approximate surface area is 202 Å². The first-order valence-corrected chi connectivity index (χ1v) is 12.3. The Hall–Kier alpha value is -3.34. The van der Waals surface area contributed by atoms with Crippen molar-refractivity contribution in [2.24, 2.45) is 0 Å². The number of aryl methyl sites for hydroxylation is 1. The molecule has 178 valence electrons. The van der Waals surface area contributed by atoms with Gasteiger partial charge in [-0.3, -0.25) is 9.59 Å². The highest BCUT2D eigenvalue weighted by Gasteiger charge is 2.28. The number of nitrogens with zero attached hydrogens (tertiary/aromatic N) is 1. The topological polar surface area (TPSA) is 58.6 Å². The molecule has 5 nitrogen and oxygen atoms in total. The summed E-state index contributed by atoms with van der Waals surface area (Å²) >= 11 is 0. The molecule has 0 heterocycles. The zero-order valence-corrected chi connectivity index (χ0v) is 20.1. The van der Waals surface area contributed by atoms with Crippen molar-refractivity contribution in [2.45, 2.75) is 64.6 Å². The molecule has 4 rings (SSSR count). The van der Waals surface area contributed by atoms with E-state index in [-0.39, 0.29) is 24.5 Å². The van der Waals surface area contributed by atoms with Gasteiger partial charge in [0.05, 0.1) is 0 Å². The predicted octanol–water partition coefficient (Wildman–Crippen LogP) is 5.39. The maximum Gasteiger partial charge on any atom is 0.261 e. The first kappa shape index (κ1) is 23.8. The summed E-state index contributed by atoms with van der Waals surface area (Å²) in [5, 5.41) is 5.20. The molecule has 2 amide bonds. The van der Waals surface area contributed by atoms with Crippen LogP contribution in [0.5, 0.6) is 5.75 Å². The van der Waals surface area contributed by atoms with Gasteiger partial charge >= 0.3 is 0 Å². The van der Waals surface area contributed by atoms with Gasteiger partial charge in [0.2, 0.25) is 5.91 Å². The Morgan fingerprint density at radius 1 is 0.971 bits per heavy atom. The third-order valence-corrected chi connectivity index (χ3v) is 6.69. The van der Waals surface area contributed by atoms with E-state index in [0.717, 1.165) is 47.6 Å². The van der Waals surface area contributed by atoms with E-state index in [2.05, 4.69) is 5.32 Å². The smallest absolute Gasteiger partial charge is 0.261 e. The molecule has 1 N–H and O–H groups in total. The number of carbonyl (C=O) groups excluding carboxylic acids is 2. The van der Waals surface area contributed by atoms with Crippen LogP contribution < -0.4 is 10.1 Å². The summed E-state index contributed by atoms with van der Waals surface area (Å²) in [5.41, 5.74) is 2.14. The van der Waals surface area contributed by atoms with Crippen LogP contribution in [-0.2, 0) is 16.1 Å². The van der Waals surface area contributed by atoms with Crippen LogP contribution in [0.15, 0.2) is 66.7 Å². The molecular weight excluding hydrogens is 424 g/mol. The first-order chi connectivity index (χ1) is 16.5. The summed E-state index contributed by atoms with van der Waals surface area (Å²) in [4.78, 5) is 28.1. The van der Waals surface area contributed by atoms with Gasteiger partial charge in [-0.2, -0.15) is 0 Å². The van der Waals surface area contributed by atoms with Crippen molar-refractivity contribution < 1.29 is 14.3 Å². The molecule has 3 aromatic rings. The lowest BCUT2D eigenvalue weighted by atomic mass is 9.95. The summed E-state index contributed by atoms with van der Waals surface area (Å²) in [6, 6.07) is 21.4. The lowest BCUT2D eigenvalue weighted by Crippen LogP contribution is -2.51. The largest absolute Gasteiger partial charge is 0.483 e. The van der Waals surface area contributed by atoms with Crippen molar-refractivity contribution in [3.63, 3.8) is 0 Å². The number of rotatable bonds is 8. The molecule has 3 aromatic carbocycles. The lowest BCUT2D eigenvalue weighted by Gasteiger charge is -2.31. The fraction of sp³-hybridized carbons (Fsp3) is 0.379. The van der Waals surface area contributed by atoms with Crippen LogP contribution in [0, 0.1) is 6.92 Å². The van der Waals surface area contributed by atoms with E-state index < -0.39 is 6.04 Å². The zero-order chi connectivity index (χ0) is 23.9. The van der Waals surface area contributed by atoms with Crippen molar-refractivity contribution in [3.8, 4) is 5.75 Å². The van der Waals surface area contributed by atoms with E-state index in [1.165, 1.54) is 6.42 Å². The van der Waals surface area contributed by atoms with Gasteiger partial charge in [-0.1, -0.05) is 85.5 Å². The molecule has 0 bridgehead atoms. The normalized spacial score (nSPS) is 15.0. The third-order valence-electron chi connectivity index (χ3n) is 6.69. The van der Waals surface area contributed by atoms with Crippen molar-refractivity contribution >= 4 is 22.6 Å². The minimum absolute atomic E-state index is 0.0995. The maximum absolute atomic E-state index is 13.4. The van der Waals surface area contributed by atoms with E-state index in [4.69, 9.17) is 4.74 Å². The van der Waals surface area contributed by atoms with E-state index in [1.807, 2.05) is 80.6 Å². The summed E-state index contributed by atoms with van der Waals surface area (Å²) in [6.45, 7) is 4.07. The molecular formula is C29H34N2O3. The highest BCUT2D eigenvalue weighted by atomic mass is 16.5. The number of hydrogen-bond acceptors (Lipinski definition) is 3. The van der Waals surface area contributed by atoms with Gasteiger partial charge in [-0.25, -0.2) is 0 Å². The second-order valence-electron chi connectivity index (χ2n) is 9.29. The number of ether oxygens (including phenoxy) is 1. The lowest BCUT2D eigenvalue weighted by molar-refractivity contribution is -0.142. The highest BCUT2D eigenvalue weighted by Crippen LogP contribution is 2.25. The number of carbonyl (C=O) groups is 2. The number of hydrogen-bond donors (Lipinski definition) is 1. The second-order valence-corrected chi connectivity index (χ2v) is 9.29. The summed E-state index contributed by atoms with van der Waals surface area (Å²) in [5.74, 6) is 0.360. The van der Waals surface area contributed by atoms with Crippen LogP contribution in [-0.4, -0.2) is 35.4 Å². The summed E-state index contributed by atoms with van der Waals surface area (Å²) in [6.07, 6.45) is 5.53. The Morgan fingerprint density at radius 3 is 2.44 bits per heavy atom. The van der Waals surface area contributed by atoms with Gasteiger partial charge in [0.1, 0.15) is 11.8 Å². The van der Waals surface area contributed by atoms with Gasteiger partial charge in [-0.05, 0) is 43.7 Å². The Morgan fingerprint density at radius 2 is 1.68 bits per heavy atom. The first-order valence-electron chi connectivity index (χ1n) is 12.3. The van der Waals surface area contributed by atoms with Crippen molar-refractivity contribution in [1.29, 1.82) is 0 Å². The Bertz CT molecular complexity index is 1110. The summed E-state index contributed by atoms with van der Waals surface area (Å²) in [7, 11) is 0. The van der Waals surface area contributed by atoms with Crippen molar-refractivity contribution in [2.75, 3.05) is 6.61 Å². The molecule has 5 heteroatoms. The average molecular weight is 459 g/mol. The number of nitrogens with one attached hydrogen (secondary N) is 1. The molecule has 0 saturated heterocycles. The fourth-order valence-corrected chi connectivity index (χ4v) is 4.59. The van der Waals surface area contributed by atoms with Crippen LogP contribution in [0.25, 0.3) is 10.8 Å². The monoisotopic (exact) mass is 458 g/mol. The molecule has 34 heavy (non-hydrogen) atoms. The average Bonchev–Trinajstić information content (AvgIpc) is 2.87. The Kier molecular flexibility index (Phi) is 7.84. The SMILES string of the molecule is Cc1ccc(CN(C(=O)COc2cccc3ccccc23)C(C)C(=O)NC2CCCCC2)cc1. The number of amides is 2. The van der Waals surface area contributed by atoms with Gasteiger partial charge in [0.25, 0.3) is 5.91 Å². The van der Waals surface area contributed by atoms with Gasteiger partial charge < -0.3 is 15.0 Å². The molecule has 1 fully saturated rings. The van der Waals surface area contributed by atoms with E-state index in [1.54, 1.807) is 4.90 Å². The van der Waals surface area contributed by atoms with Crippen LogP contribution >= 0.6 is 0 Å². The minimum atomic E-state index is -0.591. The van der Waals surface area contributed by atoms with Crippen LogP contribution in [0.3, 0.4) is 0 Å². The highest BCUT2D eigenvalue weighted by molar-refractivity contribution is 5.90. The third kappa shape index (κ3) is 5.96. The molecule has 1 saturated carbocycles.